The Morgan fingerprint density at radius 1 is 1.58 bits per heavy atom. The summed E-state index contributed by atoms with van der Waals surface area (Å²) in [6.45, 7) is 1.78. The van der Waals surface area contributed by atoms with Gasteiger partial charge in [-0.15, -0.1) is 0 Å². The summed E-state index contributed by atoms with van der Waals surface area (Å²) >= 11 is 8.21. The molecule has 0 bridgehead atoms. The minimum absolute atomic E-state index is 0.0735. The first-order chi connectivity index (χ1) is 9.20. The Labute approximate surface area is 122 Å². The first-order valence-corrected chi connectivity index (χ1v) is 7.78. The average Bonchev–Trinajstić information content (AvgIpc) is 2.93. The number of halogens is 1. The summed E-state index contributed by atoms with van der Waals surface area (Å²) in [6.07, 6.45) is 1.30. The number of amidine groups is 1. The zero-order valence-corrected chi connectivity index (χ0v) is 12.2. The number of nitrogens with one attached hydrogen (secondary N) is 1. The molecule has 2 rings (SSSR count). The Hall–Kier alpha value is -0.910. The summed E-state index contributed by atoms with van der Waals surface area (Å²) in [5.41, 5.74) is 7.18. The topological polar surface area (TPSA) is 70.6 Å². The fourth-order valence-electron chi connectivity index (χ4n) is 2.06. The van der Waals surface area contributed by atoms with Crippen molar-refractivity contribution in [2.75, 3.05) is 18.1 Å². The average molecular weight is 300 g/mol. The molecule has 1 unspecified atom stereocenters. The molecule has 1 heterocycles. The SMILES string of the molecule is N/C(=N/O)c1ccc(CNCC2CCSC2)c(Cl)c1. The van der Waals surface area contributed by atoms with Gasteiger partial charge in [0.1, 0.15) is 0 Å². The molecule has 0 radical (unpaired) electrons. The van der Waals surface area contributed by atoms with Gasteiger partial charge >= 0.3 is 0 Å². The van der Waals surface area contributed by atoms with Gasteiger partial charge in [-0.05, 0) is 42.0 Å². The lowest BCUT2D eigenvalue weighted by atomic mass is 10.1. The first-order valence-electron chi connectivity index (χ1n) is 6.25. The highest BCUT2D eigenvalue weighted by molar-refractivity contribution is 7.99. The van der Waals surface area contributed by atoms with Crippen molar-refractivity contribution in [3.8, 4) is 0 Å². The number of hydrogen-bond acceptors (Lipinski definition) is 4. The predicted molar refractivity (Wildman–Crippen MR) is 81.1 cm³/mol. The maximum Gasteiger partial charge on any atom is 0.170 e. The fourth-order valence-corrected chi connectivity index (χ4v) is 3.59. The molecule has 4 N–H and O–H groups in total. The third kappa shape index (κ3) is 4.03. The lowest BCUT2D eigenvalue weighted by molar-refractivity contribution is 0.318. The van der Waals surface area contributed by atoms with E-state index in [-0.39, 0.29) is 5.84 Å². The number of benzene rings is 1. The van der Waals surface area contributed by atoms with Crippen LogP contribution < -0.4 is 11.1 Å². The molecule has 4 nitrogen and oxygen atoms in total. The molecule has 0 amide bonds. The lowest BCUT2D eigenvalue weighted by Gasteiger charge is -2.11. The van der Waals surface area contributed by atoms with Gasteiger partial charge in [0.2, 0.25) is 0 Å². The van der Waals surface area contributed by atoms with E-state index in [1.54, 1.807) is 6.07 Å². The van der Waals surface area contributed by atoms with Gasteiger partial charge in [-0.2, -0.15) is 11.8 Å². The van der Waals surface area contributed by atoms with Gasteiger partial charge in [-0.25, -0.2) is 0 Å². The van der Waals surface area contributed by atoms with E-state index in [9.17, 15) is 0 Å². The first kappa shape index (κ1) is 14.5. The summed E-state index contributed by atoms with van der Waals surface area (Å²) in [4.78, 5) is 0. The van der Waals surface area contributed by atoms with Crippen LogP contribution in [0.5, 0.6) is 0 Å². The molecule has 19 heavy (non-hydrogen) atoms. The number of nitrogens with two attached hydrogens (primary N) is 1. The molecule has 1 saturated heterocycles. The molecular weight excluding hydrogens is 282 g/mol. The number of oxime groups is 1. The van der Waals surface area contributed by atoms with Crippen molar-refractivity contribution in [3.05, 3.63) is 34.3 Å². The quantitative estimate of drug-likeness (QED) is 0.338. The smallest absolute Gasteiger partial charge is 0.170 e. The molecular formula is C13H18ClN3OS. The van der Waals surface area contributed by atoms with E-state index in [4.69, 9.17) is 22.5 Å². The van der Waals surface area contributed by atoms with Gasteiger partial charge < -0.3 is 16.3 Å². The van der Waals surface area contributed by atoms with E-state index < -0.39 is 0 Å². The normalized spacial score (nSPS) is 19.8. The molecule has 1 aromatic rings. The monoisotopic (exact) mass is 299 g/mol. The maximum absolute atomic E-state index is 8.62. The van der Waals surface area contributed by atoms with Crippen LogP contribution in [0.4, 0.5) is 0 Å². The second-order valence-corrected chi connectivity index (χ2v) is 6.21. The van der Waals surface area contributed by atoms with Crippen LogP contribution in [0.15, 0.2) is 23.4 Å². The number of hydrogen-bond donors (Lipinski definition) is 3. The number of thioether (sulfide) groups is 1. The molecule has 0 saturated carbocycles. The van der Waals surface area contributed by atoms with E-state index in [0.717, 1.165) is 24.6 Å². The van der Waals surface area contributed by atoms with E-state index in [1.165, 1.54) is 17.9 Å². The van der Waals surface area contributed by atoms with E-state index in [0.29, 0.717) is 10.6 Å². The zero-order valence-electron chi connectivity index (χ0n) is 10.6. The van der Waals surface area contributed by atoms with Gasteiger partial charge in [0, 0.05) is 17.1 Å². The van der Waals surface area contributed by atoms with Crippen molar-refractivity contribution in [1.29, 1.82) is 0 Å². The van der Waals surface area contributed by atoms with Gasteiger partial charge in [-0.1, -0.05) is 28.9 Å². The van der Waals surface area contributed by atoms with Crippen molar-refractivity contribution < 1.29 is 5.21 Å². The van der Waals surface area contributed by atoms with E-state index in [2.05, 4.69) is 10.5 Å². The molecule has 6 heteroatoms. The van der Waals surface area contributed by atoms with Crippen molar-refractivity contribution >= 4 is 29.2 Å². The van der Waals surface area contributed by atoms with Crippen molar-refractivity contribution in [1.82, 2.24) is 5.32 Å². The Morgan fingerprint density at radius 3 is 3.05 bits per heavy atom. The van der Waals surface area contributed by atoms with Crippen LogP contribution in [0.25, 0.3) is 0 Å². The minimum atomic E-state index is 0.0735. The van der Waals surface area contributed by atoms with Crippen LogP contribution in [-0.2, 0) is 6.54 Å². The molecule has 1 aromatic carbocycles. The Morgan fingerprint density at radius 2 is 2.42 bits per heavy atom. The van der Waals surface area contributed by atoms with Crippen LogP contribution in [0.2, 0.25) is 5.02 Å². The van der Waals surface area contributed by atoms with Gasteiger partial charge in [0.25, 0.3) is 0 Å². The molecule has 1 atom stereocenters. The zero-order chi connectivity index (χ0) is 13.7. The molecule has 0 spiro atoms. The minimum Gasteiger partial charge on any atom is -0.409 e. The summed E-state index contributed by atoms with van der Waals surface area (Å²) < 4.78 is 0. The van der Waals surface area contributed by atoms with Gasteiger partial charge in [0.15, 0.2) is 5.84 Å². The third-order valence-electron chi connectivity index (χ3n) is 3.23. The molecule has 1 aliphatic rings. The van der Waals surface area contributed by atoms with Gasteiger partial charge in [-0.3, -0.25) is 0 Å². The van der Waals surface area contributed by atoms with Gasteiger partial charge in [0.05, 0.1) is 0 Å². The summed E-state index contributed by atoms with van der Waals surface area (Å²) in [6, 6.07) is 5.44. The highest BCUT2D eigenvalue weighted by Crippen LogP contribution is 2.23. The van der Waals surface area contributed by atoms with Crippen LogP contribution in [0, 0.1) is 5.92 Å². The van der Waals surface area contributed by atoms with Crippen LogP contribution in [-0.4, -0.2) is 29.1 Å². The molecule has 0 aliphatic carbocycles. The number of nitrogens with zero attached hydrogens (tertiary/aromatic N) is 1. The summed E-state index contributed by atoms with van der Waals surface area (Å²) in [5, 5.41) is 15.7. The second-order valence-electron chi connectivity index (χ2n) is 4.65. The molecule has 104 valence electrons. The van der Waals surface area contributed by atoms with Crippen molar-refractivity contribution in [3.63, 3.8) is 0 Å². The number of rotatable bonds is 5. The highest BCUT2D eigenvalue weighted by Gasteiger charge is 2.14. The Bertz CT molecular complexity index is 461. The summed E-state index contributed by atoms with van der Waals surface area (Å²) in [7, 11) is 0. The Kier molecular flexibility index (Phi) is 5.36. The third-order valence-corrected chi connectivity index (χ3v) is 4.81. The second kappa shape index (κ2) is 7.03. The predicted octanol–water partition coefficient (Wildman–Crippen LogP) is 2.28. The molecule has 1 aliphatic heterocycles. The highest BCUT2D eigenvalue weighted by atomic mass is 35.5. The lowest BCUT2D eigenvalue weighted by Crippen LogP contribution is -2.22. The molecule has 0 aromatic heterocycles. The Balaban J connectivity index is 1.89. The van der Waals surface area contributed by atoms with Crippen LogP contribution in [0.1, 0.15) is 17.5 Å². The fraction of sp³-hybridized carbons (Fsp3) is 0.462. The van der Waals surface area contributed by atoms with Crippen LogP contribution >= 0.6 is 23.4 Å². The van der Waals surface area contributed by atoms with Crippen molar-refractivity contribution in [2.24, 2.45) is 16.8 Å². The summed E-state index contributed by atoms with van der Waals surface area (Å²) in [5.74, 6) is 3.38. The van der Waals surface area contributed by atoms with Crippen molar-refractivity contribution in [2.45, 2.75) is 13.0 Å². The standard InChI is InChI=1S/C13H18ClN3OS/c14-12-5-10(13(15)17-18)1-2-11(12)7-16-6-9-3-4-19-8-9/h1-2,5,9,16,18H,3-4,6-8H2,(H2,15,17). The van der Waals surface area contributed by atoms with E-state index >= 15 is 0 Å². The molecule has 1 fully saturated rings. The van der Waals surface area contributed by atoms with E-state index in [1.807, 2.05) is 23.9 Å². The van der Waals surface area contributed by atoms with Crippen LogP contribution in [0.3, 0.4) is 0 Å². The maximum atomic E-state index is 8.62. The largest absolute Gasteiger partial charge is 0.409 e.